The number of rotatable bonds is 11. The van der Waals surface area contributed by atoms with Crippen molar-refractivity contribution < 1.29 is 28.8 Å². The monoisotopic (exact) mass is 1070 g/mol. The molecule has 0 aromatic rings. The minimum absolute atomic E-state index is 0. The normalized spacial score (nSPS) is 17.9. The Morgan fingerprint density at radius 3 is 1.36 bits per heavy atom. The molecule has 0 N–H and O–H groups in total. The van der Waals surface area contributed by atoms with Gasteiger partial charge >= 0.3 is 48.6 Å². The Morgan fingerprint density at radius 2 is 1.14 bits per heavy atom. The summed E-state index contributed by atoms with van der Waals surface area (Å²) in [5.41, 5.74) is 0.490. The average Bonchev–Trinajstić information content (AvgIpc) is 3.26. The number of ether oxygens (including phenoxy) is 2. The predicted octanol–water partition coefficient (Wildman–Crippen LogP) is 13.8. The Morgan fingerprint density at radius 1 is 0.750 bits per heavy atom. The molecule has 2 aliphatic rings. The van der Waals surface area contributed by atoms with Gasteiger partial charge in [-0.3, -0.25) is 14.7 Å². The second kappa shape index (κ2) is 65.3. The van der Waals surface area contributed by atoms with Crippen LogP contribution < -0.4 is 0 Å². The first-order chi connectivity index (χ1) is 29.7. The summed E-state index contributed by atoms with van der Waals surface area (Å²) < 4.78 is 13.4. The van der Waals surface area contributed by atoms with Crippen molar-refractivity contribution in [2.75, 3.05) is 69.8 Å². The second-order valence-electron chi connectivity index (χ2n) is 16.5. The minimum atomic E-state index is 0. The van der Waals surface area contributed by atoms with E-state index < -0.39 is 0 Å². The van der Waals surface area contributed by atoms with Crippen molar-refractivity contribution in [2.24, 2.45) is 17.3 Å². The zero-order valence-corrected chi connectivity index (χ0v) is 49.7. The molecule has 2 rings (SSSR count). The van der Waals surface area contributed by atoms with Crippen LogP contribution in [0.3, 0.4) is 0 Å². The van der Waals surface area contributed by atoms with Crippen molar-refractivity contribution in [1.29, 1.82) is 0 Å². The van der Waals surface area contributed by atoms with E-state index in [0.717, 1.165) is 19.8 Å². The number of methoxy groups -OCH3 is 1. The quantitative estimate of drug-likeness (QED) is 0.0887. The van der Waals surface area contributed by atoms with Crippen LogP contribution in [0.1, 0.15) is 183 Å². The van der Waals surface area contributed by atoms with Gasteiger partial charge in [0.25, 0.3) is 0 Å². The first kappa shape index (κ1) is 82.2. The number of allylic oxidation sites excluding steroid dienone is 3. The van der Waals surface area contributed by atoms with Crippen LogP contribution in [-0.2, 0) is 28.8 Å². The second-order valence-corrected chi connectivity index (χ2v) is 17.5. The summed E-state index contributed by atoms with van der Waals surface area (Å²) in [6.07, 6.45) is 23.5. The zero-order chi connectivity index (χ0) is 51.2. The molecule has 6 unspecified atom stereocenters. The SMILES string of the molecule is C.C#CC#CC.C1CCCCC1.CC.CC.CC.CC#CC#CC.CC(CCC(C)(C)C)N(C)C.CCC1OC(C)C(C)C(C)C1OC.CN(C)CN(C)CN(C)C.[CH-]=CC=C[CH]=[W]. The van der Waals surface area contributed by atoms with E-state index in [2.05, 4.69) is 166 Å². The van der Waals surface area contributed by atoms with Gasteiger partial charge in [0.15, 0.2) is 0 Å². The molecule has 1 saturated carbocycles. The molecule has 2 fully saturated rings. The van der Waals surface area contributed by atoms with Gasteiger partial charge < -0.3 is 14.4 Å². The molecule has 1 saturated heterocycles. The van der Waals surface area contributed by atoms with E-state index in [1.54, 1.807) is 34.0 Å². The standard InChI is InChI=1S/C11H22O2.C10H23N.C7H19N3.C6H12.C6H6.C5H5.C5H4.3C2H6.CH4.W/c1-6-10-11(12-5)8(3)7(2)9(4)13-10;1-9(11(5)6)7-8-10(2,3)4;1-8(2)6-10(5)7-9(3)4;1-2-4-6-5-3-1;1-3-5-6-4-2;2*1-3-5-4-2;3*1-2;;/h7-11H,6H2,1-5H3;9H,7-8H2,1-6H3;6-7H2,1-5H3;1-6H2;1-2H3;1-5H;1H,2H3;3*1-2H3;1H4;/q;;;;;-1;;;;;;. The van der Waals surface area contributed by atoms with Gasteiger partial charge in [-0.1, -0.05) is 147 Å². The fourth-order valence-electron chi connectivity index (χ4n) is 5.52. The average molecular weight is 1070 g/mol. The van der Waals surface area contributed by atoms with E-state index in [4.69, 9.17) is 22.5 Å². The predicted molar refractivity (Wildman–Crippen MR) is 292 cm³/mol. The summed E-state index contributed by atoms with van der Waals surface area (Å²) in [6, 6.07) is 0.717. The fraction of sp³-hybridized carbons (Fsp3) is 0.772. The van der Waals surface area contributed by atoms with Gasteiger partial charge in [0.05, 0.1) is 31.6 Å². The molecule has 6 atom stereocenters. The molecular formula is C57H113N4O2W-. The van der Waals surface area contributed by atoms with Crippen molar-refractivity contribution in [3.8, 4) is 47.9 Å². The Labute approximate surface area is 417 Å². The van der Waals surface area contributed by atoms with Crippen LogP contribution in [0.25, 0.3) is 0 Å². The van der Waals surface area contributed by atoms with Crippen molar-refractivity contribution in [3.05, 3.63) is 24.8 Å². The van der Waals surface area contributed by atoms with Crippen LogP contribution in [0.2, 0.25) is 0 Å². The molecule has 1 aliphatic carbocycles. The molecule has 0 aromatic heterocycles. The number of nitrogens with zero attached hydrogens (tertiary/aromatic N) is 4. The molecule has 64 heavy (non-hydrogen) atoms. The Hall–Kier alpha value is -1.96. The number of terminal acetylenes is 1. The summed E-state index contributed by atoms with van der Waals surface area (Å²) in [7, 11) is 16.5. The molecule has 0 amide bonds. The van der Waals surface area contributed by atoms with Gasteiger partial charge in [-0.25, -0.2) is 0 Å². The topological polar surface area (TPSA) is 31.4 Å². The van der Waals surface area contributed by atoms with Crippen LogP contribution >= 0.6 is 0 Å². The third-order valence-corrected chi connectivity index (χ3v) is 9.64. The van der Waals surface area contributed by atoms with Crippen molar-refractivity contribution in [1.82, 2.24) is 19.6 Å². The third-order valence-electron chi connectivity index (χ3n) is 9.07. The van der Waals surface area contributed by atoms with Crippen LogP contribution in [0.5, 0.6) is 0 Å². The summed E-state index contributed by atoms with van der Waals surface area (Å²) in [6.45, 7) is 42.3. The van der Waals surface area contributed by atoms with E-state index in [9.17, 15) is 0 Å². The molecule has 380 valence electrons. The van der Waals surface area contributed by atoms with E-state index in [0.29, 0.717) is 29.4 Å². The van der Waals surface area contributed by atoms with Crippen LogP contribution in [0, 0.1) is 71.7 Å². The Bertz CT molecular complexity index is 1130. The molecule has 1 aliphatic heterocycles. The van der Waals surface area contributed by atoms with Crippen LogP contribution in [0.4, 0.5) is 0 Å². The Balaban J connectivity index is -0.0000000788. The van der Waals surface area contributed by atoms with Gasteiger partial charge in [0.2, 0.25) is 0 Å². The fourth-order valence-corrected chi connectivity index (χ4v) is 5.84. The van der Waals surface area contributed by atoms with Crippen LogP contribution in [-0.4, -0.2) is 118 Å². The maximum atomic E-state index is 5.90. The van der Waals surface area contributed by atoms with Gasteiger partial charge in [0, 0.05) is 13.2 Å². The summed E-state index contributed by atoms with van der Waals surface area (Å²) >= 11 is 1.45. The molecule has 0 spiro atoms. The van der Waals surface area contributed by atoms with Gasteiger partial charge in [-0.05, 0) is 144 Å². The van der Waals surface area contributed by atoms with Crippen molar-refractivity contribution >= 4 is 4.40 Å². The molecule has 6 nitrogen and oxygen atoms in total. The van der Waals surface area contributed by atoms with E-state index >= 15 is 0 Å². The third kappa shape index (κ3) is 71.7. The Kier molecular flexibility index (Phi) is 83.9. The molecule has 7 heteroatoms. The van der Waals surface area contributed by atoms with Crippen LogP contribution in [0.15, 0.2) is 18.2 Å². The van der Waals surface area contributed by atoms with E-state index in [1.165, 1.54) is 76.8 Å². The van der Waals surface area contributed by atoms with E-state index in [1.807, 2.05) is 52.0 Å². The van der Waals surface area contributed by atoms with E-state index in [-0.39, 0.29) is 19.6 Å². The summed E-state index contributed by atoms with van der Waals surface area (Å²) in [5, 5.41) is 0. The molecular weight excluding hydrogens is 956 g/mol. The van der Waals surface area contributed by atoms with Crippen molar-refractivity contribution in [2.45, 2.75) is 207 Å². The van der Waals surface area contributed by atoms with Gasteiger partial charge in [-0.2, -0.15) is 0 Å². The van der Waals surface area contributed by atoms with Gasteiger partial charge in [0.1, 0.15) is 0 Å². The van der Waals surface area contributed by atoms with Crippen molar-refractivity contribution in [3.63, 3.8) is 0 Å². The molecule has 0 radical (unpaired) electrons. The summed E-state index contributed by atoms with van der Waals surface area (Å²) in [4.78, 5) is 8.85. The molecule has 1 heterocycles. The summed E-state index contributed by atoms with van der Waals surface area (Å²) in [5.74, 6) is 18.7. The number of hydrogen-bond acceptors (Lipinski definition) is 6. The first-order valence-corrected chi connectivity index (χ1v) is 25.6. The van der Waals surface area contributed by atoms with Gasteiger partial charge in [-0.15, -0.1) is 6.42 Å². The molecule has 0 bridgehead atoms. The maximum absolute atomic E-state index is 5.90. The zero-order valence-electron chi connectivity index (χ0n) is 46.7. The molecule has 0 aromatic carbocycles. The number of hydrogen-bond donors (Lipinski definition) is 0. The first-order valence-electron chi connectivity index (χ1n) is 23.9.